The Labute approximate surface area is 86.0 Å². The van der Waals surface area contributed by atoms with Crippen molar-refractivity contribution in [2.45, 2.75) is 24.6 Å². The summed E-state index contributed by atoms with van der Waals surface area (Å²) in [7, 11) is 0. The molecule has 8 heteroatoms. The molecule has 0 aromatic rings. The van der Waals surface area contributed by atoms with Gasteiger partial charge in [0.05, 0.1) is 0 Å². The molecule has 0 bridgehead atoms. The van der Waals surface area contributed by atoms with Gasteiger partial charge >= 0.3 is 5.97 Å². The first-order valence-electron chi connectivity index (χ1n) is 2.96. The molecule has 13 heavy (non-hydrogen) atoms. The van der Waals surface area contributed by atoms with Crippen LogP contribution >= 0.6 is 24.8 Å². The average molecular weight is 237 g/mol. The van der Waals surface area contributed by atoms with E-state index in [4.69, 9.17) is 20.4 Å². The molecule has 1 fully saturated rings. The second kappa shape index (κ2) is 5.58. The van der Waals surface area contributed by atoms with Crippen molar-refractivity contribution in [1.82, 2.24) is 0 Å². The minimum absolute atomic E-state index is 0. The van der Waals surface area contributed by atoms with Crippen molar-refractivity contribution in [3.63, 3.8) is 0 Å². The van der Waals surface area contributed by atoms with Gasteiger partial charge in [-0.15, -0.1) is 24.8 Å². The summed E-state index contributed by atoms with van der Waals surface area (Å²) < 4.78 is 4.30. The van der Waals surface area contributed by atoms with Crippen molar-refractivity contribution < 1.29 is 30.0 Å². The molecule has 0 aromatic heterocycles. The molecule has 4 atom stereocenters. The fourth-order valence-electron chi connectivity index (χ4n) is 0.863. The Morgan fingerprint density at radius 3 is 1.69 bits per heavy atom. The topological polar surface area (TPSA) is 107 Å². The fourth-order valence-corrected chi connectivity index (χ4v) is 0.863. The largest absolute Gasteiger partial charge is 0.479 e. The number of aliphatic hydroxyl groups excluding tert-OH is 3. The van der Waals surface area contributed by atoms with Gasteiger partial charge in [-0.2, -0.15) is 0 Å². The third-order valence-corrected chi connectivity index (χ3v) is 1.48. The molecule has 1 rings (SSSR count). The van der Waals surface area contributed by atoms with E-state index in [0.29, 0.717) is 0 Å². The lowest BCUT2D eigenvalue weighted by Gasteiger charge is -2.08. The van der Waals surface area contributed by atoms with Crippen LogP contribution in [0.2, 0.25) is 0 Å². The molecular formula is C5H10Cl2O6. The molecule has 1 heterocycles. The second-order valence-corrected chi connectivity index (χ2v) is 2.27. The summed E-state index contributed by atoms with van der Waals surface area (Å²) in [6.07, 6.45) is -6.27. The van der Waals surface area contributed by atoms with Crippen LogP contribution in [0.25, 0.3) is 0 Å². The van der Waals surface area contributed by atoms with Gasteiger partial charge in [0.15, 0.2) is 12.4 Å². The molecule has 0 radical (unpaired) electrons. The number of aliphatic hydroxyl groups is 3. The predicted molar refractivity (Wildman–Crippen MR) is 45.0 cm³/mol. The van der Waals surface area contributed by atoms with E-state index in [0.717, 1.165) is 0 Å². The summed E-state index contributed by atoms with van der Waals surface area (Å²) in [5, 5.41) is 34.7. The van der Waals surface area contributed by atoms with Crippen LogP contribution in [0.4, 0.5) is 0 Å². The second-order valence-electron chi connectivity index (χ2n) is 2.27. The van der Waals surface area contributed by atoms with Crippen LogP contribution in [0, 0.1) is 0 Å². The lowest BCUT2D eigenvalue weighted by atomic mass is 10.1. The lowest BCUT2D eigenvalue weighted by Crippen LogP contribution is -2.36. The van der Waals surface area contributed by atoms with Crippen molar-refractivity contribution in [2.24, 2.45) is 0 Å². The van der Waals surface area contributed by atoms with Crippen LogP contribution in [0.1, 0.15) is 0 Å². The number of aliphatic carboxylic acids is 1. The first-order valence-corrected chi connectivity index (χ1v) is 2.96. The van der Waals surface area contributed by atoms with Gasteiger partial charge in [0.25, 0.3) is 0 Å². The number of rotatable bonds is 1. The molecule has 1 saturated heterocycles. The number of hydrogen-bond donors (Lipinski definition) is 4. The maximum atomic E-state index is 10.2. The van der Waals surface area contributed by atoms with Gasteiger partial charge in [0, 0.05) is 0 Å². The van der Waals surface area contributed by atoms with E-state index in [-0.39, 0.29) is 24.8 Å². The van der Waals surface area contributed by atoms with Gasteiger partial charge < -0.3 is 25.2 Å². The zero-order valence-corrected chi connectivity index (χ0v) is 7.86. The highest BCUT2D eigenvalue weighted by atomic mass is 35.5. The average Bonchev–Trinajstić information content (AvgIpc) is 2.17. The maximum Gasteiger partial charge on any atom is 0.335 e. The van der Waals surface area contributed by atoms with E-state index in [1.165, 1.54) is 0 Å². The molecule has 0 saturated carbocycles. The molecule has 1 aliphatic rings. The van der Waals surface area contributed by atoms with E-state index in [2.05, 4.69) is 4.74 Å². The van der Waals surface area contributed by atoms with Crippen LogP contribution in [-0.2, 0) is 9.53 Å². The summed E-state index contributed by atoms with van der Waals surface area (Å²) in [5.41, 5.74) is 0. The summed E-state index contributed by atoms with van der Waals surface area (Å²) >= 11 is 0. The molecule has 0 aliphatic carbocycles. The lowest BCUT2D eigenvalue weighted by molar-refractivity contribution is -0.165. The van der Waals surface area contributed by atoms with Crippen LogP contribution in [0.3, 0.4) is 0 Å². The monoisotopic (exact) mass is 236 g/mol. The van der Waals surface area contributed by atoms with E-state index in [1.807, 2.05) is 0 Å². The highest BCUT2D eigenvalue weighted by molar-refractivity contribution is 5.85. The Bertz CT molecular complexity index is 176. The first-order chi connectivity index (χ1) is 5.04. The Morgan fingerprint density at radius 2 is 1.54 bits per heavy atom. The Morgan fingerprint density at radius 1 is 1.08 bits per heavy atom. The van der Waals surface area contributed by atoms with Gasteiger partial charge in [-0.25, -0.2) is 4.79 Å². The third kappa shape index (κ3) is 2.94. The smallest absolute Gasteiger partial charge is 0.335 e. The predicted octanol–water partition coefficient (Wildman–Crippen LogP) is -1.65. The molecule has 0 spiro atoms. The van der Waals surface area contributed by atoms with Crippen molar-refractivity contribution in [1.29, 1.82) is 0 Å². The van der Waals surface area contributed by atoms with Crippen molar-refractivity contribution >= 4 is 30.8 Å². The van der Waals surface area contributed by atoms with Crippen LogP contribution in [0.5, 0.6) is 0 Å². The number of hydrogen-bond acceptors (Lipinski definition) is 5. The Kier molecular flexibility index (Phi) is 6.60. The van der Waals surface area contributed by atoms with E-state index in [1.54, 1.807) is 0 Å². The van der Waals surface area contributed by atoms with Gasteiger partial charge in [-0.05, 0) is 0 Å². The van der Waals surface area contributed by atoms with E-state index < -0.39 is 30.6 Å². The van der Waals surface area contributed by atoms with Gasteiger partial charge in [-0.1, -0.05) is 0 Å². The number of halogens is 2. The van der Waals surface area contributed by atoms with Gasteiger partial charge in [-0.3, -0.25) is 0 Å². The van der Waals surface area contributed by atoms with Gasteiger partial charge in [0.2, 0.25) is 0 Å². The number of carboxylic acids is 1. The zero-order chi connectivity index (χ0) is 8.59. The summed E-state index contributed by atoms with van der Waals surface area (Å²) in [6.45, 7) is 0. The Balaban J connectivity index is 0. The molecule has 1 unspecified atom stereocenters. The normalized spacial score (nSPS) is 37.5. The molecule has 0 amide bonds. The van der Waals surface area contributed by atoms with Crippen molar-refractivity contribution in [3.05, 3.63) is 0 Å². The zero-order valence-electron chi connectivity index (χ0n) is 6.23. The number of carboxylic acid groups (broad SMARTS) is 1. The molecule has 6 nitrogen and oxygen atoms in total. The van der Waals surface area contributed by atoms with Gasteiger partial charge in [0.1, 0.15) is 12.2 Å². The molecule has 4 N–H and O–H groups in total. The Hall–Kier alpha value is -0.110. The first kappa shape index (κ1) is 15.4. The van der Waals surface area contributed by atoms with Crippen LogP contribution in [-0.4, -0.2) is 51.0 Å². The number of carbonyl (C=O) groups is 1. The highest BCUT2D eigenvalue weighted by Crippen LogP contribution is 2.19. The van der Waals surface area contributed by atoms with E-state index >= 15 is 0 Å². The summed E-state index contributed by atoms with van der Waals surface area (Å²) in [5.74, 6) is -1.41. The van der Waals surface area contributed by atoms with Crippen LogP contribution < -0.4 is 0 Å². The van der Waals surface area contributed by atoms with E-state index in [9.17, 15) is 4.79 Å². The summed E-state index contributed by atoms with van der Waals surface area (Å²) in [6, 6.07) is 0. The minimum Gasteiger partial charge on any atom is -0.479 e. The SMILES string of the molecule is Cl.Cl.O=C(O)[C@H]1OC(O)[C@H](O)[C@@H]1O. The third-order valence-electron chi connectivity index (χ3n) is 1.48. The molecule has 1 aliphatic heterocycles. The summed E-state index contributed by atoms with van der Waals surface area (Å²) in [4.78, 5) is 10.2. The van der Waals surface area contributed by atoms with Crippen LogP contribution in [0.15, 0.2) is 0 Å². The molecule has 80 valence electrons. The quantitative estimate of drug-likeness (QED) is 0.435. The molecular weight excluding hydrogens is 227 g/mol. The minimum atomic E-state index is -1.62. The maximum absolute atomic E-state index is 10.2. The number of ether oxygens (including phenoxy) is 1. The van der Waals surface area contributed by atoms with Crippen molar-refractivity contribution in [3.8, 4) is 0 Å². The standard InChI is InChI=1S/C5H8O6.2ClH/c6-1-2(7)5(10)11-3(1)4(8)9;;/h1-3,5-7,10H,(H,8,9);2*1H/t1-,2+,3-,5?;;/m0../s1. The fraction of sp³-hybridized carbons (Fsp3) is 0.800. The highest BCUT2D eigenvalue weighted by Gasteiger charge is 2.45. The molecule has 0 aromatic carbocycles. The van der Waals surface area contributed by atoms with Crippen molar-refractivity contribution in [2.75, 3.05) is 0 Å².